The molecule has 1 aromatic heterocycles. The van der Waals surface area contributed by atoms with Crippen LogP contribution in [-0.4, -0.2) is 93.6 Å². The third kappa shape index (κ3) is 4.60. The minimum atomic E-state index is -2.71. The van der Waals surface area contributed by atoms with Gasteiger partial charge in [-0.1, -0.05) is 0 Å². The van der Waals surface area contributed by atoms with Gasteiger partial charge in [-0.25, -0.2) is 9.98 Å². The summed E-state index contributed by atoms with van der Waals surface area (Å²) in [5.74, 6) is -6.97. The van der Waals surface area contributed by atoms with Crippen molar-refractivity contribution >= 4 is 51.3 Å². The van der Waals surface area contributed by atoms with Crippen LogP contribution in [0.2, 0.25) is 0 Å². The molecule has 2 unspecified atom stereocenters. The van der Waals surface area contributed by atoms with Gasteiger partial charge in [0.15, 0.2) is 22.5 Å². The zero-order chi connectivity index (χ0) is 31.5. The molecular formula is C28H33N7O7S. The number of hydrogen-bond donors (Lipinski definition) is 7. The van der Waals surface area contributed by atoms with E-state index in [1.54, 1.807) is 50.7 Å². The van der Waals surface area contributed by atoms with E-state index in [-0.39, 0.29) is 42.2 Å². The zero-order valence-corrected chi connectivity index (χ0v) is 24.8. The van der Waals surface area contributed by atoms with Crippen molar-refractivity contribution in [3.63, 3.8) is 0 Å². The molecule has 1 fully saturated rings. The lowest BCUT2D eigenvalue weighted by Crippen LogP contribution is -2.65. The number of aliphatic hydroxyl groups is 3. The first-order valence-corrected chi connectivity index (χ1v) is 14.2. The fourth-order valence-corrected chi connectivity index (χ4v) is 7.01. The quantitative estimate of drug-likeness (QED) is 0.134. The van der Waals surface area contributed by atoms with E-state index >= 15 is 0 Å². The van der Waals surface area contributed by atoms with Crippen LogP contribution in [0.15, 0.2) is 39.5 Å². The number of aromatic nitrogens is 1. The summed E-state index contributed by atoms with van der Waals surface area (Å²) in [4.78, 5) is 51.1. The van der Waals surface area contributed by atoms with Crippen molar-refractivity contribution in [2.24, 2.45) is 28.3 Å². The number of nitrogens with one attached hydrogen (secondary N) is 1. The number of ketones is 2. The number of carbonyl (C=O) groups is 3. The summed E-state index contributed by atoms with van der Waals surface area (Å²) in [6.07, 6.45) is 1.78. The van der Waals surface area contributed by atoms with Crippen LogP contribution in [0.1, 0.15) is 23.1 Å². The Hall–Kier alpha value is -4.47. The summed E-state index contributed by atoms with van der Waals surface area (Å²) in [5.41, 5.74) is 9.06. The number of thiazole rings is 1. The minimum Gasteiger partial charge on any atom is -0.508 e. The van der Waals surface area contributed by atoms with E-state index in [1.807, 2.05) is 0 Å². The zero-order valence-electron chi connectivity index (χ0n) is 24.0. The van der Waals surface area contributed by atoms with E-state index in [9.17, 15) is 34.8 Å². The van der Waals surface area contributed by atoms with Crippen molar-refractivity contribution in [1.29, 1.82) is 0 Å². The number of guanidine groups is 1. The SMILES string of the molecule is CN(C)c1cc(CN=C(N)Nc2nccs2)c(O)c2c1CC1CC3[C@H](N(C)C)C(=O)C(C(N)=O)=C(O)[C@@]3(O)C(=O)C1=C2O. The number of anilines is 2. The smallest absolute Gasteiger partial charge is 0.255 e. The van der Waals surface area contributed by atoms with Crippen LogP contribution in [0.3, 0.4) is 0 Å². The molecule has 43 heavy (non-hydrogen) atoms. The molecule has 3 aliphatic rings. The predicted molar refractivity (Wildman–Crippen MR) is 160 cm³/mol. The van der Waals surface area contributed by atoms with E-state index in [0.29, 0.717) is 21.9 Å². The molecule has 0 bridgehead atoms. The summed E-state index contributed by atoms with van der Waals surface area (Å²) in [6.45, 7) is -0.0890. The molecule has 2 aromatic rings. The second kappa shape index (κ2) is 10.7. The number of nitrogens with two attached hydrogens (primary N) is 2. The van der Waals surface area contributed by atoms with Crippen molar-refractivity contribution in [2.45, 2.75) is 31.0 Å². The van der Waals surface area contributed by atoms with E-state index in [1.165, 1.54) is 16.2 Å². The largest absolute Gasteiger partial charge is 0.508 e. The third-order valence-electron chi connectivity index (χ3n) is 8.35. The molecule has 1 amide bonds. The number of likely N-dealkylation sites (N-methyl/N-ethyl adjacent to an activating group) is 1. The van der Waals surface area contributed by atoms with Gasteiger partial charge in [0.25, 0.3) is 5.91 Å². The van der Waals surface area contributed by atoms with Gasteiger partial charge in [0.2, 0.25) is 5.78 Å². The molecule has 14 nitrogen and oxygen atoms in total. The second-order valence-corrected chi connectivity index (χ2v) is 12.2. The Labute approximate surface area is 250 Å². The Balaban J connectivity index is 1.64. The average molecular weight is 612 g/mol. The molecule has 4 atom stereocenters. The number of amides is 1. The number of hydrogen-bond acceptors (Lipinski definition) is 12. The first-order chi connectivity index (χ1) is 20.2. The van der Waals surface area contributed by atoms with Crippen LogP contribution in [0, 0.1) is 11.8 Å². The molecule has 0 aliphatic heterocycles. The number of aliphatic imine (C=N–C) groups is 1. The molecule has 15 heteroatoms. The number of phenolic OH excluding ortho intramolecular Hbond substituents is 1. The first-order valence-electron chi connectivity index (χ1n) is 13.4. The number of fused-ring (bicyclic) bond motifs is 3. The highest BCUT2D eigenvalue weighted by Gasteiger charge is 2.64. The van der Waals surface area contributed by atoms with Crippen LogP contribution in [0.4, 0.5) is 10.8 Å². The number of nitrogens with zero attached hydrogens (tertiary/aromatic N) is 4. The summed E-state index contributed by atoms with van der Waals surface area (Å²) in [5, 5.41) is 50.9. The lowest BCUT2D eigenvalue weighted by molar-refractivity contribution is -0.153. The Kier molecular flexibility index (Phi) is 7.44. The van der Waals surface area contributed by atoms with Crippen molar-refractivity contribution in [3.05, 3.63) is 51.2 Å². The number of phenols is 1. The van der Waals surface area contributed by atoms with Gasteiger partial charge in [-0.2, -0.15) is 0 Å². The van der Waals surface area contributed by atoms with E-state index in [0.717, 1.165) is 0 Å². The number of aliphatic hydroxyl groups excluding tert-OH is 2. The Bertz CT molecular complexity index is 1630. The minimum absolute atomic E-state index is 0.00436. The molecular weight excluding hydrogens is 578 g/mol. The Morgan fingerprint density at radius 1 is 1.21 bits per heavy atom. The molecule has 1 aromatic carbocycles. The summed E-state index contributed by atoms with van der Waals surface area (Å²) >= 11 is 1.32. The Morgan fingerprint density at radius 2 is 1.91 bits per heavy atom. The van der Waals surface area contributed by atoms with E-state index in [2.05, 4.69) is 15.3 Å². The van der Waals surface area contributed by atoms with Crippen LogP contribution in [0.5, 0.6) is 5.75 Å². The van der Waals surface area contributed by atoms with Gasteiger partial charge < -0.3 is 42.1 Å². The molecule has 0 saturated heterocycles. The van der Waals surface area contributed by atoms with E-state index < -0.39 is 58.0 Å². The average Bonchev–Trinajstić information content (AvgIpc) is 3.42. The van der Waals surface area contributed by atoms with Crippen molar-refractivity contribution in [3.8, 4) is 5.75 Å². The monoisotopic (exact) mass is 611 g/mol. The summed E-state index contributed by atoms with van der Waals surface area (Å²) < 4.78 is 0. The highest BCUT2D eigenvalue weighted by molar-refractivity contribution is 7.13. The standard InChI is InChI=1S/C28H33N7O7S/c1-34(2)15-9-12(10-32-26(30)33-27-31-5-6-43-27)20(36)17-13(15)7-11-8-14-19(35(3)4)22(38)18(25(29)41)24(40)28(14,42)23(39)16(11)21(17)37/h5-6,9,11,14,19,36-37,40,42H,7-8,10H2,1-4H3,(H2,29,41)(H3,30,31,32,33)/t11?,14?,19-,28-/m0/s1. The third-order valence-corrected chi connectivity index (χ3v) is 9.03. The topological polar surface area (TPSA) is 228 Å². The fourth-order valence-electron chi connectivity index (χ4n) is 6.47. The van der Waals surface area contributed by atoms with Crippen molar-refractivity contribution in [2.75, 3.05) is 38.4 Å². The van der Waals surface area contributed by atoms with Crippen molar-refractivity contribution in [1.82, 2.24) is 9.88 Å². The van der Waals surface area contributed by atoms with Crippen LogP contribution >= 0.6 is 11.3 Å². The highest BCUT2D eigenvalue weighted by Crippen LogP contribution is 2.54. The summed E-state index contributed by atoms with van der Waals surface area (Å²) in [7, 11) is 6.68. The van der Waals surface area contributed by atoms with E-state index in [4.69, 9.17) is 11.5 Å². The maximum absolute atomic E-state index is 14.1. The molecule has 0 radical (unpaired) electrons. The lowest BCUT2D eigenvalue weighted by atomic mass is 9.57. The Morgan fingerprint density at radius 3 is 2.49 bits per heavy atom. The van der Waals surface area contributed by atoms with Gasteiger partial charge in [-0.05, 0) is 44.5 Å². The molecule has 5 rings (SSSR count). The number of aromatic hydroxyl groups is 1. The molecule has 1 saturated carbocycles. The first kappa shape index (κ1) is 30.0. The van der Waals surface area contributed by atoms with Crippen LogP contribution < -0.4 is 21.7 Å². The van der Waals surface area contributed by atoms with Crippen LogP contribution in [-0.2, 0) is 27.3 Å². The molecule has 228 valence electrons. The van der Waals surface area contributed by atoms with Crippen molar-refractivity contribution < 1.29 is 34.8 Å². The van der Waals surface area contributed by atoms with Gasteiger partial charge >= 0.3 is 0 Å². The van der Waals surface area contributed by atoms with Gasteiger partial charge in [0, 0.05) is 48.4 Å². The highest BCUT2D eigenvalue weighted by atomic mass is 32.1. The van der Waals surface area contributed by atoms with Crippen LogP contribution in [0.25, 0.3) is 5.76 Å². The molecule has 0 spiro atoms. The number of rotatable bonds is 6. The maximum Gasteiger partial charge on any atom is 0.255 e. The molecule has 1 heterocycles. The second-order valence-electron chi connectivity index (χ2n) is 11.3. The summed E-state index contributed by atoms with van der Waals surface area (Å²) in [6, 6.07) is 0.566. The number of benzene rings is 1. The van der Waals surface area contributed by atoms with Gasteiger partial charge in [0.1, 0.15) is 22.8 Å². The van der Waals surface area contributed by atoms with Gasteiger partial charge in [0.05, 0.1) is 18.2 Å². The molecule has 3 aliphatic carbocycles. The fraction of sp³-hybridized carbons (Fsp3) is 0.393. The molecule has 9 N–H and O–H groups in total. The predicted octanol–water partition coefficient (Wildman–Crippen LogP) is 0.413. The number of Topliss-reactive ketones (excluding diaryl/α,β-unsaturated/α-hetero) is 2. The normalized spacial score (nSPS) is 25.4. The van der Waals surface area contributed by atoms with Gasteiger partial charge in [-0.3, -0.25) is 19.3 Å². The van der Waals surface area contributed by atoms with Gasteiger partial charge in [-0.15, -0.1) is 11.3 Å². The number of carbonyl (C=O) groups excluding carboxylic acids is 3. The number of primary amides is 1. The maximum atomic E-state index is 14.1. The lowest BCUT2D eigenvalue weighted by Gasteiger charge is -2.50.